The molecule has 1 fully saturated rings. The molecule has 1 aliphatic rings. The summed E-state index contributed by atoms with van der Waals surface area (Å²) in [7, 11) is 0. The normalized spacial score (nSPS) is 19.9. The van der Waals surface area contributed by atoms with E-state index in [1.165, 1.54) is 12.8 Å². The quantitative estimate of drug-likeness (QED) is 0.924. The number of halogens is 1. The van der Waals surface area contributed by atoms with E-state index >= 15 is 0 Å². The Labute approximate surface area is 113 Å². The fourth-order valence-electron chi connectivity index (χ4n) is 2.05. The molecule has 6 heteroatoms. The molecule has 1 saturated heterocycles. The van der Waals surface area contributed by atoms with Gasteiger partial charge in [-0.25, -0.2) is 0 Å². The molecule has 0 bridgehead atoms. The smallest absolute Gasteiger partial charge is 0.244 e. The second-order valence-electron chi connectivity index (χ2n) is 4.32. The Balaban J connectivity index is 1.82. The van der Waals surface area contributed by atoms with Gasteiger partial charge in [-0.05, 0) is 47.4 Å². The lowest BCUT2D eigenvalue weighted by Crippen LogP contribution is -2.26. The number of pyridine rings is 1. The monoisotopic (exact) mass is 308 g/mol. The van der Waals surface area contributed by atoms with Crippen LogP contribution in [0.15, 0.2) is 27.3 Å². The highest BCUT2D eigenvalue weighted by Gasteiger charge is 2.21. The van der Waals surface area contributed by atoms with Gasteiger partial charge in [0, 0.05) is 10.7 Å². The zero-order chi connectivity index (χ0) is 12.4. The van der Waals surface area contributed by atoms with Crippen LogP contribution in [0.5, 0.6) is 0 Å². The second-order valence-corrected chi connectivity index (χ2v) is 5.24. The highest BCUT2D eigenvalue weighted by atomic mass is 79.9. The van der Waals surface area contributed by atoms with Crippen LogP contribution in [-0.2, 0) is 0 Å². The average molecular weight is 309 g/mol. The van der Waals surface area contributed by atoms with Crippen LogP contribution in [0.4, 0.5) is 0 Å². The van der Waals surface area contributed by atoms with Crippen molar-refractivity contribution in [2.45, 2.75) is 25.3 Å². The fourth-order valence-corrected chi connectivity index (χ4v) is 2.29. The third-order valence-electron chi connectivity index (χ3n) is 3.01. The van der Waals surface area contributed by atoms with Gasteiger partial charge in [-0.3, -0.25) is 4.98 Å². The molecule has 5 nitrogen and oxygen atoms in total. The predicted molar refractivity (Wildman–Crippen MR) is 69.8 cm³/mol. The molecule has 0 aliphatic carbocycles. The molecule has 0 saturated carbocycles. The van der Waals surface area contributed by atoms with Crippen LogP contribution in [0.2, 0.25) is 0 Å². The van der Waals surface area contributed by atoms with E-state index in [0.29, 0.717) is 11.7 Å². The zero-order valence-corrected chi connectivity index (χ0v) is 11.4. The van der Waals surface area contributed by atoms with E-state index in [9.17, 15) is 0 Å². The summed E-state index contributed by atoms with van der Waals surface area (Å²) >= 11 is 3.35. The van der Waals surface area contributed by atoms with Crippen molar-refractivity contribution < 1.29 is 4.52 Å². The van der Waals surface area contributed by atoms with E-state index in [1.54, 1.807) is 6.20 Å². The molecule has 1 aliphatic heterocycles. The first-order valence-corrected chi connectivity index (χ1v) is 6.81. The molecule has 18 heavy (non-hydrogen) atoms. The van der Waals surface area contributed by atoms with Gasteiger partial charge >= 0.3 is 0 Å². The van der Waals surface area contributed by atoms with Gasteiger partial charge in [-0.15, -0.1) is 0 Å². The SMILES string of the molecule is Brc1ccc(-c2noc([C@H]3CCCCN3)n2)nc1. The molecule has 0 spiro atoms. The molecule has 0 unspecified atom stereocenters. The largest absolute Gasteiger partial charge is 0.337 e. The van der Waals surface area contributed by atoms with E-state index in [0.717, 1.165) is 23.1 Å². The topological polar surface area (TPSA) is 63.8 Å². The highest BCUT2D eigenvalue weighted by Crippen LogP contribution is 2.23. The number of nitrogens with zero attached hydrogens (tertiary/aromatic N) is 3. The van der Waals surface area contributed by atoms with Crippen molar-refractivity contribution in [1.82, 2.24) is 20.4 Å². The second kappa shape index (κ2) is 5.16. The number of hydrogen-bond acceptors (Lipinski definition) is 5. The maximum atomic E-state index is 5.31. The Hall–Kier alpha value is -1.27. The molecular weight excluding hydrogens is 296 g/mol. The van der Waals surface area contributed by atoms with E-state index in [1.807, 2.05) is 12.1 Å². The minimum Gasteiger partial charge on any atom is -0.337 e. The summed E-state index contributed by atoms with van der Waals surface area (Å²) in [4.78, 5) is 8.67. The summed E-state index contributed by atoms with van der Waals surface area (Å²) in [5.41, 5.74) is 0.726. The number of nitrogens with one attached hydrogen (secondary N) is 1. The molecule has 3 rings (SSSR count). The number of hydrogen-bond donors (Lipinski definition) is 1. The number of piperidine rings is 1. The Kier molecular flexibility index (Phi) is 3.38. The summed E-state index contributed by atoms with van der Waals surface area (Å²) in [6, 6.07) is 3.97. The van der Waals surface area contributed by atoms with Crippen molar-refractivity contribution in [3.05, 3.63) is 28.7 Å². The van der Waals surface area contributed by atoms with E-state index in [-0.39, 0.29) is 6.04 Å². The minimum atomic E-state index is 0.190. The van der Waals surface area contributed by atoms with Crippen molar-refractivity contribution >= 4 is 15.9 Å². The van der Waals surface area contributed by atoms with Crippen LogP contribution in [0.3, 0.4) is 0 Å². The van der Waals surface area contributed by atoms with Crippen LogP contribution in [0, 0.1) is 0 Å². The Bertz CT molecular complexity index is 519. The minimum absolute atomic E-state index is 0.190. The average Bonchev–Trinajstić information content (AvgIpc) is 2.90. The summed E-state index contributed by atoms with van der Waals surface area (Å²) in [5, 5.41) is 7.37. The van der Waals surface area contributed by atoms with E-state index < -0.39 is 0 Å². The highest BCUT2D eigenvalue weighted by molar-refractivity contribution is 9.10. The summed E-state index contributed by atoms with van der Waals surface area (Å²) in [6.45, 7) is 1.01. The lowest BCUT2D eigenvalue weighted by Gasteiger charge is -2.19. The van der Waals surface area contributed by atoms with E-state index in [2.05, 4.69) is 36.4 Å². The van der Waals surface area contributed by atoms with Crippen molar-refractivity contribution in [1.29, 1.82) is 0 Å². The van der Waals surface area contributed by atoms with Gasteiger partial charge in [-0.1, -0.05) is 11.6 Å². The molecule has 94 valence electrons. The van der Waals surface area contributed by atoms with Crippen molar-refractivity contribution in [2.75, 3.05) is 6.54 Å². The maximum absolute atomic E-state index is 5.31. The molecule has 0 amide bonds. The van der Waals surface area contributed by atoms with Gasteiger partial charge in [0.05, 0.1) is 6.04 Å². The molecule has 1 N–H and O–H groups in total. The van der Waals surface area contributed by atoms with Crippen LogP contribution >= 0.6 is 15.9 Å². The first kappa shape index (κ1) is 11.8. The third-order valence-corrected chi connectivity index (χ3v) is 3.48. The Morgan fingerprint density at radius 3 is 3.00 bits per heavy atom. The lowest BCUT2D eigenvalue weighted by atomic mass is 10.1. The molecule has 1 atom stereocenters. The van der Waals surface area contributed by atoms with Gasteiger partial charge in [0.15, 0.2) is 0 Å². The fraction of sp³-hybridized carbons (Fsp3) is 0.417. The van der Waals surface area contributed by atoms with Crippen LogP contribution in [-0.4, -0.2) is 21.7 Å². The number of aromatic nitrogens is 3. The Morgan fingerprint density at radius 1 is 1.33 bits per heavy atom. The lowest BCUT2D eigenvalue weighted by molar-refractivity contribution is 0.297. The first-order valence-electron chi connectivity index (χ1n) is 6.02. The Morgan fingerprint density at radius 2 is 2.28 bits per heavy atom. The molecule has 2 aromatic rings. The molecule has 2 aromatic heterocycles. The molecule has 0 aromatic carbocycles. The van der Waals surface area contributed by atoms with Crippen molar-refractivity contribution in [3.8, 4) is 11.5 Å². The molecular formula is C12H13BrN4O. The first-order chi connectivity index (χ1) is 8.83. The van der Waals surface area contributed by atoms with Gasteiger partial charge < -0.3 is 9.84 Å². The van der Waals surface area contributed by atoms with Gasteiger partial charge in [-0.2, -0.15) is 4.98 Å². The van der Waals surface area contributed by atoms with Gasteiger partial charge in [0.1, 0.15) is 5.69 Å². The van der Waals surface area contributed by atoms with Crippen LogP contribution < -0.4 is 5.32 Å². The molecule has 0 radical (unpaired) electrons. The van der Waals surface area contributed by atoms with E-state index in [4.69, 9.17) is 4.52 Å². The van der Waals surface area contributed by atoms with Crippen molar-refractivity contribution in [3.63, 3.8) is 0 Å². The van der Waals surface area contributed by atoms with Crippen molar-refractivity contribution in [2.24, 2.45) is 0 Å². The number of rotatable bonds is 2. The third kappa shape index (κ3) is 2.44. The summed E-state index contributed by atoms with van der Waals surface area (Å²) in [5.74, 6) is 1.21. The van der Waals surface area contributed by atoms with Crippen LogP contribution in [0.1, 0.15) is 31.2 Å². The zero-order valence-electron chi connectivity index (χ0n) is 9.77. The summed E-state index contributed by atoms with van der Waals surface area (Å²) < 4.78 is 6.25. The summed E-state index contributed by atoms with van der Waals surface area (Å²) in [6.07, 6.45) is 5.19. The van der Waals surface area contributed by atoms with Gasteiger partial charge in [0.25, 0.3) is 0 Å². The molecule has 3 heterocycles. The predicted octanol–water partition coefficient (Wildman–Crippen LogP) is 2.71. The van der Waals surface area contributed by atoms with Gasteiger partial charge in [0.2, 0.25) is 11.7 Å². The van der Waals surface area contributed by atoms with Crippen LogP contribution in [0.25, 0.3) is 11.5 Å². The maximum Gasteiger partial charge on any atom is 0.244 e. The standard InChI is InChI=1S/C12H13BrN4O/c13-8-4-5-9(15-7-8)11-16-12(18-17-11)10-3-1-2-6-14-10/h4-5,7,10,14H,1-3,6H2/t10-/m1/s1.